The van der Waals surface area contributed by atoms with Crippen molar-refractivity contribution in [3.8, 4) is 11.5 Å². The monoisotopic (exact) mass is 206 g/mol. The van der Waals surface area contributed by atoms with E-state index in [1.807, 2.05) is 0 Å². The summed E-state index contributed by atoms with van der Waals surface area (Å²) in [5, 5.41) is 9.52. The van der Waals surface area contributed by atoms with Crippen molar-refractivity contribution >= 4 is 0 Å². The van der Waals surface area contributed by atoms with Crippen LogP contribution in [0.5, 0.6) is 11.5 Å². The minimum Gasteiger partial charge on any atom is -0.502 e. The fourth-order valence-corrected chi connectivity index (χ4v) is 1.55. The maximum Gasteiger partial charge on any atom is 0.224 e. The first-order chi connectivity index (χ1) is 7.27. The van der Waals surface area contributed by atoms with Gasteiger partial charge >= 0.3 is 0 Å². The van der Waals surface area contributed by atoms with E-state index in [0.29, 0.717) is 12.5 Å². The molecular weight excluding hydrogens is 192 g/mol. The van der Waals surface area contributed by atoms with Gasteiger partial charge in [0.15, 0.2) is 5.75 Å². The molecule has 0 heterocycles. The summed E-state index contributed by atoms with van der Waals surface area (Å²) in [5.74, 6) is 0.584. The van der Waals surface area contributed by atoms with E-state index in [4.69, 9.17) is 4.74 Å². The first-order valence-corrected chi connectivity index (χ1v) is 5.22. The van der Waals surface area contributed by atoms with Crippen LogP contribution in [0.4, 0.5) is 0 Å². The van der Waals surface area contributed by atoms with Crippen molar-refractivity contribution in [1.82, 2.24) is 0 Å². The third kappa shape index (κ3) is 2.29. The summed E-state index contributed by atoms with van der Waals surface area (Å²) in [6, 6.07) is 6.23. The zero-order valence-corrected chi connectivity index (χ0v) is 8.48. The molecule has 3 heteroatoms. The van der Waals surface area contributed by atoms with E-state index in [-0.39, 0.29) is 11.5 Å². The molecule has 0 atom stereocenters. The van der Waals surface area contributed by atoms with Gasteiger partial charge in [0.1, 0.15) is 0 Å². The van der Waals surface area contributed by atoms with Crippen molar-refractivity contribution in [2.24, 2.45) is 5.92 Å². The lowest BCUT2D eigenvalue weighted by atomic mass is 9.86. The summed E-state index contributed by atoms with van der Waals surface area (Å²) in [6.07, 6.45) is 3.63. The van der Waals surface area contributed by atoms with Crippen molar-refractivity contribution in [1.29, 1.82) is 0 Å². The number of hydrogen-bond acceptors (Lipinski definition) is 3. The first-order valence-electron chi connectivity index (χ1n) is 5.22. The highest BCUT2D eigenvalue weighted by atomic mass is 16.5. The Bertz CT molecular complexity index is 396. The van der Waals surface area contributed by atoms with Gasteiger partial charge in [-0.1, -0.05) is 18.6 Å². The van der Waals surface area contributed by atoms with Crippen molar-refractivity contribution in [3.05, 3.63) is 34.5 Å². The summed E-state index contributed by atoms with van der Waals surface area (Å²) >= 11 is 0. The van der Waals surface area contributed by atoms with Gasteiger partial charge in [0, 0.05) is 0 Å². The standard InChI is InChI=1S/C12H14O3/c13-10-6-1-2-7-11(12(10)14)15-8-9-4-3-5-9/h1-2,6-7,9H,3-5,8H2,(H,13,14). The molecule has 0 spiro atoms. The summed E-state index contributed by atoms with van der Waals surface area (Å²) in [5.41, 5.74) is -0.399. The Kier molecular flexibility index (Phi) is 2.90. The van der Waals surface area contributed by atoms with Gasteiger partial charge in [-0.3, -0.25) is 4.79 Å². The van der Waals surface area contributed by atoms with Gasteiger partial charge in [-0.25, -0.2) is 0 Å². The molecule has 2 rings (SSSR count). The van der Waals surface area contributed by atoms with Crippen molar-refractivity contribution in [2.45, 2.75) is 19.3 Å². The average molecular weight is 206 g/mol. The SMILES string of the molecule is O=c1ccccc(OCC2CCC2)c1O. The highest BCUT2D eigenvalue weighted by Crippen LogP contribution is 2.28. The third-order valence-electron chi connectivity index (χ3n) is 2.77. The van der Waals surface area contributed by atoms with Gasteiger partial charge in [-0.15, -0.1) is 0 Å². The molecule has 80 valence electrons. The molecule has 0 bridgehead atoms. The summed E-state index contributed by atoms with van der Waals surface area (Å²) in [6.45, 7) is 0.594. The van der Waals surface area contributed by atoms with Crippen molar-refractivity contribution in [3.63, 3.8) is 0 Å². The van der Waals surface area contributed by atoms with Crippen molar-refractivity contribution < 1.29 is 9.84 Å². The Morgan fingerprint density at radius 3 is 2.73 bits per heavy atom. The van der Waals surface area contributed by atoms with Crippen LogP contribution in [-0.2, 0) is 0 Å². The quantitative estimate of drug-likeness (QED) is 0.822. The van der Waals surface area contributed by atoms with Crippen LogP contribution in [0.3, 0.4) is 0 Å². The highest BCUT2D eigenvalue weighted by Gasteiger charge is 2.18. The molecule has 0 unspecified atom stereocenters. The molecule has 1 aromatic rings. The Morgan fingerprint density at radius 1 is 1.33 bits per heavy atom. The van der Waals surface area contributed by atoms with E-state index < -0.39 is 5.43 Å². The number of ether oxygens (including phenoxy) is 1. The minimum absolute atomic E-state index is 0.289. The van der Waals surface area contributed by atoms with Crippen molar-refractivity contribution in [2.75, 3.05) is 6.61 Å². The Hall–Kier alpha value is -1.51. The zero-order chi connectivity index (χ0) is 10.7. The van der Waals surface area contributed by atoms with Gasteiger partial charge in [0.25, 0.3) is 0 Å². The van der Waals surface area contributed by atoms with Gasteiger partial charge in [-0.2, -0.15) is 0 Å². The number of hydrogen-bond donors (Lipinski definition) is 1. The van der Waals surface area contributed by atoms with Gasteiger partial charge < -0.3 is 9.84 Å². The lowest BCUT2D eigenvalue weighted by Gasteiger charge is -2.24. The normalized spacial score (nSPS) is 15.7. The predicted molar refractivity (Wildman–Crippen MR) is 57.2 cm³/mol. The van der Waals surface area contributed by atoms with E-state index in [0.717, 1.165) is 0 Å². The van der Waals surface area contributed by atoms with Crippen LogP contribution in [0.2, 0.25) is 0 Å². The zero-order valence-electron chi connectivity index (χ0n) is 8.48. The Labute approximate surface area is 88.3 Å². The second-order valence-corrected chi connectivity index (χ2v) is 3.90. The maximum absolute atomic E-state index is 11.2. The molecule has 1 aliphatic rings. The average Bonchev–Trinajstić information content (AvgIpc) is 2.30. The number of rotatable bonds is 3. The Morgan fingerprint density at radius 2 is 2.07 bits per heavy atom. The van der Waals surface area contributed by atoms with Gasteiger partial charge in [-0.05, 0) is 30.9 Å². The summed E-state index contributed by atoms with van der Waals surface area (Å²) < 4.78 is 5.43. The van der Waals surface area contributed by atoms with E-state index >= 15 is 0 Å². The molecular formula is C12H14O3. The van der Waals surface area contributed by atoms with Crippen LogP contribution >= 0.6 is 0 Å². The second-order valence-electron chi connectivity index (χ2n) is 3.90. The molecule has 0 aliphatic heterocycles. The molecule has 0 radical (unpaired) electrons. The van der Waals surface area contributed by atoms with Gasteiger partial charge in [0.05, 0.1) is 6.61 Å². The fourth-order valence-electron chi connectivity index (χ4n) is 1.55. The van der Waals surface area contributed by atoms with E-state index in [2.05, 4.69) is 0 Å². The molecule has 15 heavy (non-hydrogen) atoms. The molecule has 0 aromatic heterocycles. The third-order valence-corrected chi connectivity index (χ3v) is 2.77. The molecule has 1 aromatic carbocycles. The minimum atomic E-state index is -0.399. The highest BCUT2D eigenvalue weighted by molar-refractivity contribution is 5.36. The molecule has 0 saturated heterocycles. The largest absolute Gasteiger partial charge is 0.502 e. The molecule has 1 saturated carbocycles. The van der Waals surface area contributed by atoms with Crippen LogP contribution in [0.25, 0.3) is 0 Å². The van der Waals surface area contributed by atoms with Gasteiger partial charge in [0.2, 0.25) is 11.2 Å². The first kappa shape index (κ1) is 10.0. The lowest BCUT2D eigenvalue weighted by molar-refractivity contribution is 0.176. The molecule has 1 aliphatic carbocycles. The summed E-state index contributed by atoms with van der Waals surface area (Å²) in [4.78, 5) is 11.2. The Balaban J connectivity index is 2.10. The van der Waals surface area contributed by atoms with E-state index in [9.17, 15) is 9.90 Å². The molecule has 1 fully saturated rings. The van der Waals surface area contributed by atoms with Crippen LogP contribution in [-0.4, -0.2) is 11.7 Å². The van der Waals surface area contributed by atoms with Crippen LogP contribution < -0.4 is 10.2 Å². The maximum atomic E-state index is 11.2. The lowest BCUT2D eigenvalue weighted by Crippen LogP contribution is -2.19. The molecule has 0 amide bonds. The number of aromatic hydroxyl groups is 1. The fraction of sp³-hybridized carbons (Fsp3) is 0.417. The molecule has 3 nitrogen and oxygen atoms in total. The van der Waals surface area contributed by atoms with E-state index in [1.54, 1.807) is 18.2 Å². The van der Waals surface area contributed by atoms with Crippen LogP contribution in [0, 0.1) is 5.92 Å². The van der Waals surface area contributed by atoms with Crippen LogP contribution in [0.15, 0.2) is 29.1 Å². The molecule has 1 N–H and O–H groups in total. The summed E-state index contributed by atoms with van der Waals surface area (Å²) in [7, 11) is 0. The van der Waals surface area contributed by atoms with E-state index in [1.165, 1.54) is 25.3 Å². The van der Waals surface area contributed by atoms with Crippen LogP contribution in [0.1, 0.15) is 19.3 Å². The topological polar surface area (TPSA) is 46.5 Å². The predicted octanol–water partition coefficient (Wildman–Crippen LogP) is 1.93. The second kappa shape index (κ2) is 4.34. The smallest absolute Gasteiger partial charge is 0.224 e.